The van der Waals surface area contributed by atoms with Crippen molar-refractivity contribution in [2.24, 2.45) is 0 Å². The molecule has 1 aliphatic heterocycles. The molecular weight excluding hydrogens is 550 g/mol. The van der Waals surface area contributed by atoms with Crippen LogP contribution in [0.5, 0.6) is 0 Å². The van der Waals surface area contributed by atoms with Gasteiger partial charge in [-0.05, 0) is 51.0 Å². The van der Waals surface area contributed by atoms with Gasteiger partial charge in [-0.2, -0.15) is 9.40 Å². The Bertz CT molecular complexity index is 1420. The standard InChI is InChI=1S/C24H24Cl3FN4O3S/c1-14-23(15(2)32(30-14)13-17-18(25)7-6-8-21(17)28)29-24(33)16-11-22(20(27)12-19(16)26)36(34,35)31-9-4-3-5-10-31/h6-8,11-12H,3-5,9-10,13H2,1-2H3,(H,29,33). The van der Waals surface area contributed by atoms with Crippen LogP contribution < -0.4 is 5.32 Å². The van der Waals surface area contributed by atoms with E-state index in [9.17, 15) is 17.6 Å². The first-order valence-electron chi connectivity index (χ1n) is 11.3. The van der Waals surface area contributed by atoms with Crippen molar-refractivity contribution >= 4 is 56.4 Å². The molecule has 3 aromatic rings. The number of amides is 1. The lowest BCUT2D eigenvalue weighted by atomic mass is 10.2. The molecule has 2 heterocycles. The van der Waals surface area contributed by atoms with E-state index in [4.69, 9.17) is 34.8 Å². The molecule has 36 heavy (non-hydrogen) atoms. The first-order valence-corrected chi connectivity index (χ1v) is 13.9. The molecule has 0 unspecified atom stereocenters. The third kappa shape index (κ3) is 5.26. The zero-order valence-corrected chi connectivity index (χ0v) is 22.7. The Labute approximate surface area is 224 Å². The number of halogens is 4. The van der Waals surface area contributed by atoms with Gasteiger partial charge in [0.15, 0.2) is 0 Å². The van der Waals surface area contributed by atoms with E-state index in [2.05, 4.69) is 10.4 Å². The molecule has 1 aromatic heterocycles. The van der Waals surface area contributed by atoms with Crippen LogP contribution in [0.1, 0.15) is 46.6 Å². The van der Waals surface area contributed by atoms with Crippen molar-refractivity contribution < 1.29 is 17.6 Å². The lowest BCUT2D eigenvalue weighted by Gasteiger charge is -2.26. The second-order valence-corrected chi connectivity index (χ2v) is 11.7. The summed E-state index contributed by atoms with van der Waals surface area (Å²) in [6.07, 6.45) is 2.49. The van der Waals surface area contributed by atoms with Crippen molar-refractivity contribution in [3.63, 3.8) is 0 Å². The topological polar surface area (TPSA) is 84.3 Å². The van der Waals surface area contributed by atoms with Gasteiger partial charge in [-0.1, -0.05) is 47.3 Å². The van der Waals surface area contributed by atoms with Crippen LogP contribution in [0.4, 0.5) is 10.1 Å². The zero-order valence-electron chi connectivity index (χ0n) is 19.6. The van der Waals surface area contributed by atoms with E-state index in [1.54, 1.807) is 19.9 Å². The number of carbonyl (C=O) groups is 1. The van der Waals surface area contributed by atoms with Gasteiger partial charge < -0.3 is 5.32 Å². The Balaban J connectivity index is 1.64. The lowest BCUT2D eigenvalue weighted by molar-refractivity contribution is 0.102. The predicted octanol–water partition coefficient (Wildman–Crippen LogP) is 6.07. The van der Waals surface area contributed by atoms with Crippen LogP contribution >= 0.6 is 34.8 Å². The largest absolute Gasteiger partial charge is 0.319 e. The van der Waals surface area contributed by atoms with Crippen molar-refractivity contribution in [3.05, 3.63) is 73.7 Å². The first-order chi connectivity index (χ1) is 17.0. The molecule has 1 N–H and O–H groups in total. The highest BCUT2D eigenvalue weighted by molar-refractivity contribution is 7.89. The Hall–Kier alpha value is -2.17. The smallest absolute Gasteiger partial charge is 0.257 e. The van der Waals surface area contributed by atoms with Gasteiger partial charge in [0.1, 0.15) is 10.7 Å². The molecular formula is C24H24Cl3FN4O3S. The molecule has 0 bridgehead atoms. The summed E-state index contributed by atoms with van der Waals surface area (Å²) < 4.78 is 43.6. The number of sulfonamides is 1. The van der Waals surface area contributed by atoms with Crippen molar-refractivity contribution in [1.29, 1.82) is 0 Å². The van der Waals surface area contributed by atoms with E-state index in [0.717, 1.165) is 19.3 Å². The highest BCUT2D eigenvalue weighted by Gasteiger charge is 2.30. The first kappa shape index (κ1) is 26.9. The Morgan fingerprint density at radius 2 is 1.75 bits per heavy atom. The molecule has 192 valence electrons. The minimum atomic E-state index is -3.90. The summed E-state index contributed by atoms with van der Waals surface area (Å²) in [7, 11) is -3.90. The third-order valence-electron chi connectivity index (χ3n) is 6.19. The van der Waals surface area contributed by atoms with E-state index in [-0.39, 0.29) is 37.6 Å². The monoisotopic (exact) mass is 572 g/mol. The summed E-state index contributed by atoms with van der Waals surface area (Å²) in [5, 5.41) is 7.40. The molecule has 4 rings (SSSR count). The summed E-state index contributed by atoms with van der Waals surface area (Å²) in [5.74, 6) is -1.09. The number of nitrogens with zero attached hydrogens (tertiary/aromatic N) is 3. The fraction of sp³-hybridized carbons (Fsp3) is 0.333. The van der Waals surface area contributed by atoms with Crippen LogP contribution in [0.25, 0.3) is 0 Å². The number of nitrogens with one attached hydrogen (secondary N) is 1. The van der Waals surface area contributed by atoms with Gasteiger partial charge in [0.25, 0.3) is 5.91 Å². The third-order valence-corrected chi connectivity index (χ3v) is 9.22. The molecule has 0 spiro atoms. The molecule has 12 heteroatoms. The van der Waals surface area contributed by atoms with Crippen molar-refractivity contribution in [2.45, 2.75) is 44.6 Å². The quantitative estimate of drug-likeness (QED) is 0.388. The Morgan fingerprint density at radius 3 is 2.42 bits per heavy atom. The van der Waals surface area contributed by atoms with E-state index < -0.39 is 21.7 Å². The molecule has 0 atom stereocenters. The number of benzene rings is 2. The van der Waals surface area contributed by atoms with Crippen LogP contribution in [0.2, 0.25) is 15.1 Å². The van der Waals surface area contributed by atoms with Crippen molar-refractivity contribution in [3.8, 4) is 0 Å². The number of anilines is 1. The number of piperidine rings is 1. The van der Waals surface area contributed by atoms with Gasteiger partial charge >= 0.3 is 0 Å². The number of hydrogen-bond donors (Lipinski definition) is 1. The molecule has 1 aliphatic rings. The van der Waals surface area contributed by atoms with Gasteiger partial charge in [0.2, 0.25) is 10.0 Å². The maximum Gasteiger partial charge on any atom is 0.257 e. The highest BCUT2D eigenvalue weighted by atomic mass is 35.5. The number of rotatable bonds is 6. The van der Waals surface area contributed by atoms with Crippen LogP contribution in [0.3, 0.4) is 0 Å². The summed E-state index contributed by atoms with van der Waals surface area (Å²) in [4.78, 5) is 13.0. The summed E-state index contributed by atoms with van der Waals surface area (Å²) >= 11 is 18.7. The molecule has 2 aromatic carbocycles. The zero-order chi connectivity index (χ0) is 26.2. The lowest BCUT2D eigenvalue weighted by Crippen LogP contribution is -2.35. The molecule has 1 amide bonds. The van der Waals surface area contributed by atoms with Crippen molar-refractivity contribution in [1.82, 2.24) is 14.1 Å². The van der Waals surface area contributed by atoms with Crippen LogP contribution in [0, 0.1) is 19.7 Å². The predicted molar refractivity (Wildman–Crippen MR) is 139 cm³/mol. The number of aromatic nitrogens is 2. The molecule has 0 radical (unpaired) electrons. The van der Waals surface area contributed by atoms with Crippen LogP contribution in [-0.2, 0) is 16.6 Å². The second kappa shape index (κ2) is 10.7. The Kier molecular flexibility index (Phi) is 7.97. The van der Waals surface area contributed by atoms with Gasteiger partial charge in [-0.25, -0.2) is 12.8 Å². The van der Waals surface area contributed by atoms with E-state index in [0.29, 0.717) is 30.2 Å². The fourth-order valence-electron chi connectivity index (χ4n) is 4.19. The minimum Gasteiger partial charge on any atom is -0.319 e. The van der Waals surface area contributed by atoms with E-state index in [1.807, 2.05) is 0 Å². The summed E-state index contributed by atoms with van der Waals surface area (Å²) in [5.41, 5.74) is 1.68. The highest BCUT2D eigenvalue weighted by Crippen LogP contribution is 2.33. The molecule has 0 saturated carbocycles. The van der Waals surface area contributed by atoms with Gasteiger partial charge in [-0.3, -0.25) is 9.48 Å². The summed E-state index contributed by atoms with van der Waals surface area (Å²) in [6.45, 7) is 4.27. The minimum absolute atomic E-state index is 0.0101. The average molecular weight is 574 g/mol. The normalized spacial score (nSPS) is 14.7. The number of hydrogen-bond acceptors (Lipinski definition) is 4. The number of carbonyl (C=O) groups excluding carboxylic acids is 1. The maximum absolute atomic E-state index is 14.3. The molecule has 1 fully saturated rings. The SMILES string of the molecule is Cc1nn(Cc2c(F)cccc2Cl)c(C)c1NC(=O)c1cc(S(=O)(=O)N2CCCCC2)c(Cl)cc1Cl. The van der Waals surface area contributed by atoms with Crippen LogP contribution in [0.15, 0.2) is 35.2 Å². The Morgan fingerprint density at radius 1 is 1.06 bits per heavy atom. The van der Waals surface area contributed by atoms with Gasteiger partial charge in [0.05, 0.1) is 39.2 Å². The molecule has 7 nitrogen and oxygen atoms in total. The summed E-state index contributed by atoms with van der Waals surface area (Å²) in [6, 6.07) is 6.89. The van der Waals surface area contributed by atoms with Gasteiger partial charge in [0, 0.05) is 23.7 Å². The van der Waals surface area contributed by atoms with Crippen LogP contribution in [-0.4, -0.2) is 41.5 Å². The maximum atomic E-state index is 14.3. The second-order valence-electron chi connectivity index (χ2n) is 8.59. The fourth-order valence-corrected chi connectivity index (χ4v) is 6.76. The van der Waals surface area contributed by atoms with E-state index >= 15 is 0 Å². The average Bonchev–Trinajstić information content (AvgIpc) is 3.09. The van der Waals surface area contributed by atoms with Gasteiger partial charge in [-0.15, -0.1) is 0 Å². The molecule has 1 saturated heterocycles. The number of aryl methyl sites for hydroxylation is 1. The van der Waals surface area contributed by atoms with E-state index in [1.165, 1.54) is 33.3 Å². The molecule has 0 aliphatic carbocycles. The van der Waals surface area contributed by atoms with Crippen molar-refractivity contribution in [2.75, 3.05) is 18.4 Å².